The number of piperazine rings is 1. The van der Waals surface area contributed by atoms with Gasteiger partial charge in [-0.15, -0.1) is 0 Å². The maximum absolute atomic E-state index is 15.4. The van der Waals surface area contributed by atoms with E-state index in [4.69, 9.17) is 14.5 Å². The van der Waals surface area contributed by atoms with E-state index in [2.05, 4.69) is 56.4 Å². The Balaban J connectivity index is 1.49. The van der Waals surface area contributed by atoms with Crippen LogP contribution in [0.1, 0.15) is 46.5 Å². The lowest BCUT2D eigenvalue weighted by atomic mass is 9.95. The van der Waals surface area contributed by atoms with Crippen LogP contribution in [0.15, 0.2) is 10.5 Å². The number of anilines is 1. The van der Waals surface area contributed by atoms with Crippen molar-refractivity contribution in [2.75, 3.05) is 57.9 Å². The van der Waals surface area contributed by atoms with Crippen molar-refractivity contribution in [1.29, 1.82) is 0 Å². The van der Waals surface area contributed by atoms with E-state index in [9.17, 15) is 0 Å². The summed E-state index contributed by atoms with van der Waals surface area (Å²) in [5, 5.41) is 0.649. The number of hydrogen-bond acceptors (Lipinski definition) is 7. The Labute approximate surface area is 209 Å². The van der Waals surface area contributed by atoms with Crippen molar-refractivity contribution >= 4 is 32.7 Å². The number of benzene rings is 1. The monoisotopic (exact) mass is 535 g/mol. The SMILES string of the molecule is COc1cc2c(N3CCN(C(C)(C)C)CC3)nc(OCC34CCCN3CCC4)nc2c(F)c1Br. The number of nitrogens with zero attached hydrogens (tertiary/aromatic N) is 5. The van der Waals surface area contributed by atoms with Crippen LogP contribution in [0, 0.1) is 5.82 Å². The highest BCUT2D eigenvalue weighted by atomic mass is 79.9. The Kier molecular flexibility index (Phi) is 6.40. The predicted molar refractivity (Wildman–Crippen MR) is 136 cm³/mol. The molecule has 0 amide bonds. The summed E-state index contributed by atoms with van der Waals surface area (Å²) >= 11 is 3.34. The fourth-order valence-corrected chi connectivity index (χ4v) is 6.31. The standard InChI is InChI=1S/C25H35BrFN5O2/c1-24(2,3)31-13-11-30(12-14-31)22-17-15-18(33-4)19(26)20(27)21(17)28-23(29-22)34-16-25-7-5-9-32(25)10-6-8-25/h15H,5-14,16H2,1-4H3. The molecule has 0 atom stereocenters. The van der Waals surface area contributed by atoms with Crippen LogP contribution in [0.3, 0.4) is 0 Å². The zero-order valence-electron chi connectivity index (χ0n) is 20.7. The molecule has 5 rings (SSSR count). The molecular weight excluding hydrogens is 501 g/mol. The quantitative estimate of drug-likeness (QED) is 0.559. The molecule has 1 aromatic carbocycles. The Morgan fingerprint density at radius 2 is 1.74 bits per heavy atom. The van der Waals surface area contributed by atoms with Crippen molar-refractivity contribution < 1.29 is 13.9 Å². The first kappa shape index (κ1) is 24.0. The highest BCUT2D eigenvalue weighted by Crippen LogP contribution is 2.40. The fourth-order valence-electron chi connectivity index (χ4n) is 5.85. The van der Waals surface area contributed by atoms with Crippen LogP contribution < -0.4 is 14.4 Å². The Hall–Kier alpha value is -1.71. The number of halogens is 2. The summed E-state index contributed by atoms with van der Waals surface area (Å²) in [4.78, 5) is 16.6. The van der Waals surface area contributed by atoms with Gasteiger partial charge in [0.2, 0.25) is 0 Å². The molecule has 0 bridgehead atoms. The first-order chi connectivity index (χ1) is 16.2. The summed E-state index contributed by atoms with van der Waals surface area (Å²) < 4.78 is 27.4. The minimum atomic E-state index is -0.447. The average molecular weight is 536 g/mol. The van der Waals surface area contributed by atoms with Crippen molar-refractivity contribution in [3.8, 4) is 11.8 Å². The molecule has 1 aromatic heterocycles. The van der Waals surface area contributed by atoms with E-state index in [1.54, 1.807) is 7.11 Å². The van der Waals surface area contributed by atoms with Gasteiger partial charge in [-0.05, 0) is 81.5 Å². The number of methoxy groups -OCH3 is 1. The smallest absolute Gasteiger partial charge is 0.319 e. The topological polar surface area (TPSA) is 54.0 Å². The second kappa shape index (κ2) is 9.06. The third-order valence-corrected chi connectivity index (χ3v) is 8.57. The Morgan fingerprint density at radius 1 is 1.06 bits per heavy atom. The molecule has 0 radical (unpaired) electrons. The molecule has 34 heavy (non-hydrogen) atoms. The molecule has 3 fully saturated rings. The highest BCUT2D eigenvalue weighted by Gasteiger charge is 2.45. The Bertz CT molecular complexity index is 1060. The number of aromatic nitrogens is 2. The molecule has 3 saturated heterocycles. The minimum Gasteiger partial charge on any atom is -0.495 e. The summed E-state index contributed by atoms with van der Waals surface area (Å²) in [6.07, 6.45) is 4.68. The molecule has 7 nitrogen and oxygen atoms in total. The van der Waals surface area contributed by atoms with Gasteiger partial charge in [0.05, 0.1) is 17.1 Å². The zero-order chi connectivity index (χ0) is 24.1. The normalized spacial score (nSPS) is 21.3. The molecule has 0 N–H and O–H groups in total. The first-order valence-corrected chi connectivity index (χ1v) is 13.1. The van der Waals surface area contributed by atoms with Crippen LogP contribution >= 0.6 is 15.9 Å². The van der Waals surface area contributed by atoms with E-state index in [0.717, 1.165) is 52.1 Å². The Morgan fingerprint density at radius 3 is 2.35 bits per heavy atom. The molecule has 0 saturated carbocycles. The number of hydrogen-bond donors (Lipinski definition) is 0. The molecule has 4 heterocycles. The van der Waals surface area contributed by atoms with E-state index in [-0.39, 0.29) is 27.1 Å². The maximum atomic E-state index is 15.4. The van der Waals surface area contributed by atoms with Crippen molar-refractivity contribution in [2.24, 2.45) is 0 Å². The second-order valence-corrected chi connectivity index (χ2v) is 11.6. The largest absolute Gasteiger partial charge is 0.495 e. The van der Waals surface area contributed by atoms with Gasteiger partial charge in [-0.25, -0.2) is 4.39 Å². The summed E-state index contributed by atoms with van der Waals surface area (Å²) in [5.74, 6) is 0.700. The lowest BCUT2D eigenvalue weighted by Gasteiger charge is -2.42. The van der Waals surface area contributed by atoms with Crippen molar-refractivity contribution in [2.45, 2.75) is 57.5 Å². The van der Waals surface area contributed by atoms with E-state index < -0.39 is 5.82 Å². The van der Waals surface area contributed by atoms with Crippen molar-refractivity contribution in [1.82, 2.24) is 19.8 Å². The van der Waals surface area contributed by atoms with Crippen molar-refractivity contribution in [3.05, 3.63) is 16.4 Å². The van der Waals surface area contributed by atoms with Gasteiger partial charge in [0.1, 0.15) is 23.7 Å². The minimum absolute atomic E-state index is 0.0792. The van der Waals surface area contributed by atoms with Gasteiger partial charge in [0.15, 0.2) is 5.82 Å². The summed E-state index contributed by atoms with van der Waals surface area (Å²) in [6, 6.07) is 2.08. The third kappa shape index (κ3) is 4.24. The molecule has 0 unspecified atom stereocenters. The summed E-state index contributed by atoms with van der Waals surface area (Å²) in [6.45, 7) is 13.0. The van der Waals surface area contributed by atoms with Gasteiger partial charge in [0, 0.05) is 37.1 Å². The van der Waals surface area contributed by atoms with E-state index in [0.29, 0.717) is 23.6 Å². The molecule has 2 aromatic rings. The van der Waals surface area contributed by atoms with Crippen LogP contribution in [0.4, 0.5) is 10.2 Å². The number of ether oxygens (including phenoxy) is 2. The molecule has 3 aliphatic rings. The van der Waals surface area contributed by atoms with Crippen LogP contribution in [-0.2, 0) is 0 Å². The molecular formula is C25H35BrFN5O2. The lowest BCUT2D eigenvalue weighted by molar-refractivity contribution is 0.107. The van der Waals surface area contributed by atoms with Crippen LogP contribution in [-0.4, -0.2) is 83.8 Å². The van der Waals surface area contributed by atoms with Gasteiger partial charge in [0.25, 0.3) is 0 Å². The summed E-state index contributed by atoms with van der Waals surface area (Å²) in [5.41, 5.74) is 0.455. The highest BCUT2D eigenvalue weighted by molar-refractivity contribution is 9.10. The lowest BCUT2D eigenvalue weighted by Crippen LogP contribution is -2.53. The number of rotatable bonds is 5. The van der Waals surface area contributed by atoms with Crippen LogP contribution in [0.2, 0.25) is 0 Å². The van der Waals surface area contributed by atoms with E-state index >= 15 is 4.39 Å². The van der Waals surface area contributed by atoms with Gasteiger partial charge in [-0.3, -0.25) is 9.80 Å². The van der Waals surface area contributed by atoms with Gasteiger partial charge in [-0.2, -0.15) is 9.97 Å². The van der Waals surface area contributed by atoms with Gasteiger partial charge >= 0.3 is 6.01 Å². The average Bonchev–Trinajstić information content (AvgIpc) is 3.40. The van der Waals surface area contributed by atoms with Crippen LogP contribution in [0.5, 0.6) is 11.8 Å². The maximum Gasteiger partial charge on any atom is 0.319 e. The molecule has 0 aliphatic carbocycles. The number of fused-ring (bicyclic) bond motifs is 2. The van der Waals surface area contributed by atoms with Crippen LogP contribution in [0.25, 0.3) is 10.9 Å². The second-order valence-electron chi connectivity index (χ2n) is 10.8. The van der Waals surface area contributed by atoms with Gasteiger partial charge in [-0.1, -0.05) is 0 Å². The molecule has 3 aliphatic heterocycles. The fraction of sp³-hybridized carbons (Fsp3) is 0.680. The molecule has 0 spiro atoms. The van der Waals surface area contributed by atoms with Crippen molar-refractivity contribution in [3.63, 3.8) is 0 Å². The van der Waals surface area contributed by atoms with E-state index in [1.165, 1.54) is 12.8 Å². The zero-order valence-corrected chi connectivity index (χ0v) is 22.3. The third-order valence-electron chi connectivity index (χ3n) is 7.83. The summed E-state index contributed by atoms with van der Waals surface area (Å²) in [7, 11) is 1.54. The predicted octanol–water partition coefficient (Wildman–Crippen LogP) is 4.47. The molecule has 9 heteroatoms. The van der Waals surface area contributed by atoms with Gasteiger partial charge < -0.3 is 14.4 Å². The molecule has 186 valence electrons. The first-order valence-electron chi connectivity index (χ1n) is 12.3. The van der Waals surface area contributed by atoms with E-state index in [1.807, 2.05) is 6.07 Å².